The van der Waals surface area contributed by atoms with Gasteiger partial charge in [0.05, 0.1) is 12.0 Å². The number of nitrogens with one attached hydrogen (secondary N) is 1. The van der Waals surface area contributed by atoms with Crippen molar-refractivity contribution in [3.05, 3.63) is 36.0 Å². The van der Waals surface area contributed by atoms with E-state index < -0.39 is 15.9 Å². The number of anilines is 1. The first kappa shape index (κ1) is 15.0. The zero-order valence-electron chi connectivity index (χ0n) is 11.4. The Hall–Kier alpha value is -2.39. The molecule has 0 aliphatic carbocycles. The maximum Gasteiger partial charge on any atom is 0.262 e. The number of hydrogen-bond acceptors (Lipinski definition) is 5. The molecule has 2 rings (SSSR count). The van der Waals surface area contributed by atoms with E-state index in [-0.39, 0.29) is 16.3 Å². The molecule has 9 heteroatoms. The quantitative estimate of drug-likeness (QED) is 0.844. The van der Waals surface area contributed by atoms with E-state index in [1.807, 2.05) is 0 Å². The standard InChI is InChI=1S/C12H14N4O4S/c1-16-7-10(12(15-16)20-2)11(17)14-8-3-5-9(6-4-8)21(13,18)19/h3-7H,1-2H3,(H,14,17)(H2,13,18,19). The molecule has 0 bridgehead atoms. The molecule has 0 fully saturated rings. The molecule has 112 valence electrons. The van der Waals surface area contributed by atoms with Gasteiger partial charge < -0.3 is 10.1 Å². The number of carbonyl (C=O) groups excluding carboxylic acids is 1. The molecule has 0 atom stereocenters. The molecule has 1 amide bonds. The number of hydrogen-bond donors (Lipinski definition) is 2. The summed E-state index contributed by atoms with van der Waals surface area (Å²) in [5.74, 6) is -0.209. The molecule has 1 aromatic carbocycles. The van der Waals surface area contributed by atoms with Gasteiger partial charge in [0.2, 0.25) is 15.9 Å². The molecule has 3 N–H and O–H groups in total. The monoisotopic (exact) mass is 310 g/mol. The van der Waals surface area contributed by atoms with Crippen LogP contribution in [0.2, 0.25) is 0 Å². The summed E-state index contributed by atoms with van der Waals surface area (Å²) < 4.78 is 28.7. The Morgan fingerprint density at radius 3 is 2.48 bits per heavy atom. The third-order valence-corrected chi connectivity index (χ3v) is 3.60. The maximum atomic E-state index is 12.1. The summed E-state index contributed by atoms with van der Waals surface area (Å²) in [5, 5.41) is 11.6. The van der Waals surface area contributed by atoms with Gasteiger partial charge in [-0.15, -0.1) is 5.10 Å². The Labute approximate surface area is 121 Å². The van der Waals surface area contributed by atoms with Crippen LogP contribution in [0.1, 0.15) is 10.4 Å². The smallest absolute Gasteiger partial charge is 0.262 e. The number of benzene rings is 1. The first-order valence-corrected chi connectivity index (χ1v) is 7.38. The Balaban J connectivity index is 2.20. The van der Waals surface area contributed by atoms with E-state index in [0.717, 1.165) is 0 Å². The molecular formula is C12H14N4O4S. The van der Waals surface area contributed by atoms with Crippen molar-refractivity contribution in [3.63, 3.8) is 0 Å². The Morgan fingerprint density at radius 1 is 1.33 bits per heavy atom. The summed E-state index contributed by atoms with van der Waals surface area (Å²) in [5.41, 5.74) is 0.703. The average molecular weight is 310 g/mol. The first-order valence-electron chi connectivity index (χ1n) is 5.83. The van der Waals surface area contributed by atoms with Crippen molar-refractivity contribution in [2.75, 3.05) is 12.4 Å². The zero-order valence-corrected chi connectivity index (χ0v) is 12.2. The molecule has 0 unspecified atom stereocenters. The number of carbonyl (C=O) groups is 1. The molecule has 1 heterocycles. The number of aromatic nitrogens is 2. The van der Waals surface area contributed by atoms with Crippen LogP contribution in [0.4, 0.5) is 5.69 Å². The molecule has 0 aliphatic heterocycles. The van der Waals surface area contributed by atoms with Gasteiger partial charge in [0.25, 0.3) is 5.91 Å². The minimum atomic E-state index is -3.75. The lowest BCUT2D eigenvalue weighted by molar-refractivity contribution is 0.102. The number of ether oxygens (including phenoxy) is 1. The van der Waals surface area contributed by atoms with Crippen molar-refractivity contribution >= 4 is 21.6 Å². The van der Waals surface area contributed by atoms with E-state index in [9.17, 15) is 13.2 Å². The summed E-state index contributed by atoms with van der Waals surface area (Å²) in [6.45, 7) is 0. The summed E-state index contributed by atoms with van der Waals surface area (Å²) in [6, 6.07) is 5.51. The predicted octanol–water partition coefficient (Wildman–Crippen LogP) is 0.328. The summed E-state index contributed by atoms with van der Waals surface area (Å²) in [6.07, 6.45) is 1.52. The average Bonchev–Trinajstić information content (AvgIpc) is 2.79. The Morgan fingerprint density at radius 2 is 1.95 bits per heavy atom. The fraction of sp³-hybridized carbons (Fsp3) is 0.167. The summed E-state index contributed by atoms with van der Waals surface area (Å²) >= 11 is 0. The van der Waals surface area contributed by atoms with Crippen LogP contribution >= 0.6 is 0 Å². The van der Waals surface area contributed by atoms with Gasteiger partial charge in [-0.05, 0) is 24.3 Å². The van der Waals surface area contributed by atoms with Crippen LogP contribution in [0, 0.1) is 0 Å². The summed E-state index contributed by atoms with van der Waals surface area (Å²) in [7, 11) is -0.670. The molecule has 2 aromatic rings. The second kappa shape index (κ2) is 5.54. The van der Waals surface area contributed by atoms with Crippen LogP contribution < -0.4 is 15.2 Å². The highest BCUT2D eigenvalue weighted by atomic mass is 32.2. The van der Waals surface area contributed by atoms with Crippen LogP contribution in [0.25, 0.3) is 0 Å². The third kappa shape index (κ3) is 3.38. The van der Waals surface area contributed by atoms with Crippen molar-refractivity contribution < 1.29 is 17.9 Å². The van der Waals surface area contributed by atoms with E-state index in [2.05, 4.69) is 10.4 Å². The highest BCUT2D eigenvalue weighted by Gasteiger charge is 2.16. The first-order chi connectivity index (χ1) is 9.81. The molecule has 1 aromatic heterocycles. The van der Waals surface area contributed by atoms with Gasteiger partial charge in [-0.25, -0.2) is 13.6 Å². The van der Waals surface area contributed by atoms with Gasteiger partial charge in [0.15, 0.2) is 0 Å². The molecule has 0 aliphatic rings. The van der Waals surface area contributed by atoms with Gasteiger partial charge >= 0.3 is 0 Å². The fourth-order valence-corrected chi connectivity index (χ4v) is 2.22. The molecule has 0 saturated carbocycles. The molecule has 0 spiro atoms. The highest BCUT2D eigenvalue weighted by Crippen LogP contribution is 2.18. The molecular weight excluding hydrogens is 296 g/mol. The van der Waals surface area contributed by atoms with Gasteiger partial charge in [-0.2, -0.15) is 0 Å². The number of amides is 1. The number of nitrogens with zero attached hydrogens (tertiary/aromatic N) is 2. The van der Waals surface area contributed by atoms with Gasteiger partial charge in [-0.1, -0.05) is 0 Å². The second-order valence-corrected chi connectivity index (χ2v) is 5.81. The second-order valence-electron chi connectivity index (χ2n) is 4.25. The maximum absolute atomic E-state index is 12.1. The van der Waals surface area contributed by atoms with Gasteiger partial charge in [-0.3, -0.25) is 9.48 Å². The molecule has 21 heavy (non-hydrogen) atoms. The van der Waals surface area contributed by atoms with Crippen molar-refractivity contribution in [2.45, 2.75) is 4.90 Å². The topological polar surface area (TPSA) is 116 Å². The van der Waals surface area contributed by atoms with Crippen molar-refractivity contribution in [2.24, 2.45) is 12.2 Å². The lowest BCUT2D eigenvalue weighted by atomic mass is 10.3. The van der Waals surface area contributed by atoms with Crippen LogP contribution in [-0.4, -0.2) is 31.2 Å². The van der Waals surface area contributed by atoms with Crippen LogP contribution in [0.15, 0.2) is 35.4 Å². The van der Waals surface area contributed by atoms with Crippen LogP contribution in [-0.2, 0) is 17.1 Å². The largest absolute Gasteiger partial charge is 0.479 e. The van der Waals surface area contributed by atoms with E-state index in [1.54, 1.807) is 7.05 Å². The number of nitrogens with two attached hydrogens (primary N) is 1. The SMILES string of the molecule is COc1nn(C)cc1C(=O)Nc1ccc(S(N)(=O)=O)cc1. The van der Waals surface area contributed by atoms with E-state index >= 15 is 0 Å². The predicted molar refractivity (Wildman–Crippen MR) is 75.5 cm³/mol. The number of aryl methyl sites for hydroxylation is 1. The highest BCUT2D eigenvalue weighted by molar-refractivity contribution is 7.89. The van der Waals surface area contributed by atoms with Crippen LogP contribution in [0.5, 0.6) is 5.88 Å². The minimum Gasteiger partial charge on any atom is -0.479 e. The Kier molecular flexibility index (Phi) is 3.96. The number of rotatable bonds is 4. The molecule has 0 radical (unpaired) electrons. The van der Waals surface area contributed by atoms with Crippen molar-refractivity contribution in [1.82, 2.24) is 9.78 Å². The number of sulfonamides is 1. The van der Waals surface area contributed by atoms with Gasteiger partial charge in [0.1, 0.15) is 5.56 Å². The van der Waals surface area contributed by atoms with E-state index in [4.69, 9.17) is 9.88 Å². The van der Waals surface area contributed by atoms with Crippen LogP contribution in [0.3, 0.4) is 0 Å². The molecule has 0 saturated heterocycles. The zero-order chi connectivity index (χ0) is 15.6. The van der Waals surface area contributed by atoms with Gasteiger partial charge in [0, 0.05) is 18.9 Å². The Bertz CT molecular complexity index is 765. The molecule has 8 nitrogen and oxygen atoms in total. The lowest BCUT2D eigenvalue weighted by Crippen LogP contribution is -2.14. The number of methoxy groups -OCH3 is 1. The van der Waals surface area contributed by atoms with E-state index in [0.29, 0.717) is 5.69 Å². The lowest BCUT2D eigenvalue weighted by Gasteiger charge is -2.05. The fourth-order valence-electron chi connectivity index (χ4n) is 1.70. The number of primary sulfonamides is 1. The van der Waals surface area contributed by atoms with Crippen molar-refractivity contribution in [1.29, 1.82) is 0 Å². The summed E-state index contributed by atoms with van der Waals surface area (Å²) in [4.78, 5) is 12.1. The minimum absolute atomic E-state index is 0.0283. The normalized spacial score (nSPS) is 11.2. The van der Waals surface area contributed by atoms with E-state index in [1.165, 1.54) is 42.3 Å². The third-order valence-electron chi connectivity index (χ3n) is 2.67. The van der Waals surface area contributed by atoms with Crippen molar-refractivity contribution in [3.8, 4) is 5.88 Å².